The maximum atomic E-state index is 11.3. The van der Waals surface area contributed by atoms with Crippen molar-refractivity contribution in [3.63, 3.8) is 0 Å². The van der Waals surface area contributed by atoms with Gasteiger partial charge in [0.1, 0.15) is 5.75 Å². The zero-order valence-electron chi connectivity index (χ0n) is 21.8. The van der Waals surface area contributed by atoms with Crippen molar-refractivity contribution in [1.29, 1.82) is 0 Å². The van der Waals surface area contributed by atoms with E-state index in [1.165, 1.54) is 0 Å². The number of aryl methyl sites for hydroxylation is 1. The molecule has 3 atom stereocenters. The molecule has 37 heavy (non-hydrogen) atoms. The second kappa shape index (κ2) is 13.3. The maximum Gasteiger partial charge on any atom is 0.303 e. The van der Waals surface area contributed by atoms with Crippen LogP contribution in [0, 0.1) is 11.8 Å². The first-order chi connectivity index (χ1) is 17.9. The highest BCUT2D eigenvalue weighted by molar-refractivity contribution is 7.99. The lowest BCUT2D eigenvalue weighted by Crippen LogP contribution is -2.41. The van der Waals surface area contributed by atoms with Crippen molar-refractivity contribution in [1.82, 2.24) is 19.4 Å². The number of carbonyl (C=O) groups is 1. The van der Waals surface area contributed by atoms with E-state index in [-0.39, 0.29) is 6.42 Å². The third-order valence-electron chi connectivity index (χ3n) is 7.48. The number of hydrogen-bond acceptors (Lipinski definition) is 7. The van der Waals surface area contributed by atoms with Crippen molar-refractivity contribution in [3.8, 4) is 5.75 Å². The van der Waals surface area contributed by atoms with E-state index in [1.54, 1.807) is 25.1 Å². The van der Waals surface area contributed by atoms with E-state index in [4.69, 9.17) is 4.74 Å². The Morgan fingerprint density at radius 2 is 2.08 bits per heavy atom. The highest BCUT2D eigenvalue weighted by Crippen LogP contribution is 2.35. The van der Waals surface area contributed by atoms with Crippen LogP contribution in [0.2, 0.25) is 0 Å². The van der Waals surface area contributed by atoms with Crippen LogP contribution in [0.15, 0.2) is 48.0 Å². The summed E-state index contributed by atoms with van der Waals surface area (Å²) in [7, 11) is 3.65. The summed E-state index contributed by atoms with van der Waals surface area (Å²) in [4.78, 5) is 22.6. The molecule has 200 valence electrons. The van der Waals surface area contributed by atoms with Gasteiger partial charge in [0, 0.05) is 49.7 Å². The topological polar surface area (TPSA) is 101 Å². The number of hydrogen-bond donors (Lipinski definition) is 2. The summed E-state index contributed by atoms with van der Waals surface area (Å²) >= 11 is 1.78. The summed E-state index contributed by atoms with van der Waals surface area (Å²) in [6.45, 7) is 2.96. The number of carboxylic acid groups (broad SMARTS) is 1. The number of rotatable bonds is 13. The number of benzene rings is 1. The van der Waals surface area contributed by atoms with Gasteiger partial charge in [0.05, 0.1) is 18.7 Å². The second-order valence-corrected chi connectivity index (χ2v) is 11.0. The highest BCUT2D eigenvalue weighted by Gasteiger charge is 2.30. The first-order valence-electron chi connectivity index (χ1n) is 13.1. The number of fused-ring (bicyclic) bond motifs is 1. The van der Waals surface area contributed by atoms with Crippen molar-refractivity contribution < 1.29 is 19.7 Å². The Morgan fingerprint density at radius 3 is 2.84 bits per heavy atom. The van der Waals surface area contributed by atoms with Crippen molar-refractivity contribution in [3.05, 3.63) is 48.4 Å². The molecule has 1 aliphatic rings. The fraction of sp³-hybridized carbons (Fsp3) is 0.536. The molecule has 1 aliphatic heterocycles. The van der Waals surface area contributed by atoms with Crippen LogP contribution in [0.25, 0.3) is 10.9 Å². The summed E-state index contributed by atoms with van der Waals surface area (Å²) in [5.41, 5.74) is 1.71. The van der Waals surface area contributed by atoms with E-state index in [0.717, 1.165) is 72.0 Å². The van der Waals surface area contributed by atoms with Crippen LogP contribution < -0.4 is 4.74 Å². The Kier molecular flexibility index (Phi) is 9.82. The Morgan fingerprint density at radius 1 is 1.22 bits per heavy atom. The van der Waals surface area contributed by atoms with Crippen LogP contribution in [0.4, 0.5) is 0 Å². The molecule has 0 amide bonds. The lowest BCUT2D eigenvalue weighted by Gasteiger charge is -2.39. The minimum absolute atomic E-state index is 0.196. The number of ether oxygens (including phenoxy) is 1. The third kappa shape index (κ3) is 7.46. The number of aromatic nitrogens is 3. The van der Waals surface area contributed by atoms with Crippen molar-refractivity contribution in [2.75, 3.05) is 32.5 Å². The average Bonchev–Trinajstić information content (AvgIpc) is 3.32. The molecule has 0 saturated carbocycles. The molecule has 1 aromatic carbocycles. The van der Waals surface area contributed by atoms with E-state index in [1.807, 2.05) is 48.3 Å². The van der Waals surface area contributed by atoms with Gasteiger partial charge in [-0.15, -0.1) is 0 Å². The van der Waals surface area contributed by atoms with E-state index < -0.39 is 12.1 Å². The van der Waals surface area contributed by atoms with E-state index in [2.05, 4.69) is 14.9 Å². The minimum atomic E-state index is -0.737. The van der Waals surface area contributed by atoms with Crippen LogP contribution in [0.5, 0.6) is 5.75 Å². The molecule has 0 aliphatic carbocycles. The number of carboxylic acids is 1. The summed E-state index contributed by atoms with van der Waals surface area (Å²) in [6, 6.07) is 7.61. The molecular weight excluding hydrogens is 488 g/mol. The molecule has 2 N–H and O–H groups in total. The van der Waals surface area contributed by atoms with Gasteiger partial charge in [0.15, 0.2) is 5.16 Å². The molecule has 0 spiro atoms. The number of nitrogens with zero attached hydrogens (tertiary/aromatic N) is 4. The predicted molar refractivity (Wildman–Crippen MR) is 146 cm³/mol. The molecule has 3 aromatic rings. The van der Waals surface area contributed by atoms with Crippen molar-refractivity contribution in [2.24, 2.45) is 18.9 Å². The molecule has 1 saturated heterocycles. The molecule has 0 unspecified atom stereocenters. The van der Waals surface area contributed by atoms with Crippen LogP contribution in [0.3, 0.4) is 0 Å². The molecular formula is C28H38N4O4S. The summed E-state index contributed by atoms with van der Waals surface area (Å²) in [5, 5.41) is 22.4. The maximum absolute atomic E-state index is 11.3. The summed E-state index contributed by atoms with van der Waals surface area (Å²) in [5.74, 6) is 1.76. The normalized spacial score (nSPS) is 19.2. The van der Waals surface area contributed by atoms with Gasteiger partial charge in [-0.05, 0) is 86.9 Å². The first kappa shape index (κ1) is 27.4. The van der Waals surface area contributed by atoms with Gasteiger partial charge < -0.3 is 24.4 Å². The number of aliphatic carboxylic acids is 1. The smallest absolute Gasteiger partial charge is 0.303 e. The van der Waals surface area contributed by atoms with E-state index in [9.17, 15) is 15.0 Å². The monoisotopic (exact) mass is 526 g/mol. The summed E-state index contributed by atoms with van der Waals surface area (Å²) < 4.78 is 7.41. The van der Waals surface area contributed by atoms with Gasteiger partial charge in [0.2, 0.25) is 0 Å². The minimum Gasteiger partial charge on any atom is -0.497 e. The van der Waals surface area contributed by atoms with E-state index >= 15 is 0 Å². The van der Waals surface area contributed by atoms with Gasteiger partial charge in [-0.25, -0.2) is 4.98 Å². The van der Waals surface area contributed by atoms with Crippen LogP contribution >= 0.6 is 11.8 Å². The number of aliphatic hydroxyl groups excluding tert-OH is 1. The lowest BCUT2D eigenvalue weighted by molar-refractivity contribution is -0.137. The van der Waals surface area contributed by atoms with Gasteiger partial charge >= 0.3 is 5.97 Å². The predicted octanol–water partition coefficient (Wildman–Crippen LogP) is 4.78. The van der Waals surface area contributed by atoms with Gasteiger partial charge in [0.25, 0.3) is 0 Å². The summed E-state index contributed by atoms with van der Waals surface area (Å²) in [6.07, 6.45) is 9.45. The highest BCUT2D eigenvalue weighted by atomic mass is 32.2. The molecule has 2 aromatic heterocycles. The Balaban J connectivity index is 1.32. The molecule has 3 heterocycles. The SMILES string of the molecule is COc1ccc2nccc([C@H](O)CC[C@@H]3CCN(CCCSc4nccn4C)C[C@H]3CCC(=O)O)c2c1. The number of thioether (sulfide) groups is 1. The fourth-order valence-corrected chi connectivity index (χ4v) is 6.27. The first-order valence-corrected chi connectivity index (χ1v) is 14.1. The molecule has 4 rings (SSSR count). The van der Waals surface area contributed by atoms with Gasteiger partial charge in [-0.2, -0.15) is 0 Å². The van der Waals surface area contributed by atoms with Gasteiger partial charge in [-0.1, -0.05) is 11.8 Å². The fourth-order valence-electron chi connectivity index (χ4n) is 5.41. The number of pyridine rings is 1. The Labute approximate surface area is 223 Å². The molecule has 8 nitrogen and oxygen atoms in total. The largest absolute Gasteiger partial charge is 0.497 e. The zero-order chi connectivity index (χ0) is 26.2. The van der Waals surface area contributed by atoms with Crippen LogP contribution in [0.1, 0.15) is 50.2 Å². The number of aliphatic hydroxyl groups is 1. The average molecular weight is 527 g/mol. The van der Waals surface area contributed by atoms with Crippen molar-refractivity contribution >= 4 is 28.6 Å². The van der Waals surface area contributed by atoms with Crippen LogP contribution in [-0.4, -0.2) is 68.1 Å². The number of likely N-dealkylation sites (tertiary alicyclic amines) is 1. The molecule has 1 fully saturated rings. The molecule has 0 radical (unpaired) electrons. The van der Waals surface area contributed by atoms with Gasteiger partial charge in [-0.3, -0.25) is 9.78 Å². The molecule has 0 bridgehead atoms. The number of imidazole rings is 1. The standard InChI is InChI=1S/C28H38N4O4S/c1-31-16-13-30-28(31)37-17-3-14-32-15-11-20(21(19-32)5-9-27(34)35)4-8-26(33)23-10-12-29-25-7-6-22(36-2)18-24(23)25/h6-7,10,12-13,16,18,20-21,26,33H,3-5,8-9,11,14-15,17,19H2,1-2H3,(H,34,35)/t20-,21-,26-/m1/s1. The number of piperidine rings is 1. The third-order valence-corrected chi connectivity index (χ3v) is 8.63. The molecule has 9 heteroatoms. The van der Waals surface area contributed by atoms with E-state index in [0.29, 0.717) is 24.7 Å². The zero-order valence-corrected chi connectivity index (χ0v) is 22.6. The Bertz CT molecular complexity index is 1170. The second-order valence-electron chi connectivity index (χ2n) is 9.94. The number of methoxy groups -OCH3 is 1. The Hall–Kier alpha value is -2.62. The van der Waals surface area contributed by atoms with Crippen molar-refractivity contribution in [2.45, 2.75) is 49.8 Å². The quantitative estimate of drug-likeness (QED) is 0.243. The van der Waals surface area contributed by atoms with Crippen LogP contribution in [-0.2, 0) is 11.8 Å². The lowest BCUT2D eigenvalue weighted by atomic mass is 9.79.